The number of amides is 1. The summed E-state index contributed by atoms with van der Waals surface area (Å²) in [5, 5.41) is 0.996. The molecule has 1 fully saturated rings. The van der Waals surface area contributed by atoms with Gasteiger partial charge >= 0.3 is 0 Å². The van der Waals surface area contributed by atoms with Gasteiger partial charge in [-0.25, -0.2) is 4.39 Å². The van der Waals surface area contributed by atoms with E-state index in [1.54, 1.807) is 11.0 Å². The van der Waals surface area contributed by atoms with Gasteiger partial charge in [0.1, 0.15) is 5.82 Å². The molecule has 0 radical (unpaired) electrons. The number of nitrogens with one attached hydrogen (secondary N) is 1. The minimum atomic E-state index is -0.295. The van der Waals surface area contributed by atoms with Crippen molar-refractivity contribution >= 4 is 16.8 Å². The van der Waals surface area contributed by atoms with Crippen LogP contribution in [0, 0.1) is 5.82 Å². The largest absolute Gasteiger partial charge is 0.337 e. The predicted molar refractivity (Wildman–Crippen MR) is 106 cm³/mol. The molecule has 0 saturated carbocycles. The van der Waals surface area contributed by atoms with Crippen LogP contribution >= 0.6 is 0 Å². The van der Waals surface area contributed by atoms with Gasteiger partial charge in [-0.1, -0.05) is 30.3 Å². The Hall–Kier alpha value is -2.99. The lowest BCUT2D eigenvalue weighted by atomic mass is 10.1. The first-order valence-electron chi connectivity index (χ1n) is 9.44. The molecule has 0 unspecified atom stereocenters. The summed E-state index contributed by atoms with van der Waals surface area (Å²) in [5.74, 6) is -0.240. The smallest absolute Gasteiger partial charge is 0.252 e. The zero-order valence-corrected chi connectivity index (χ0v) is 15.5. The van der Waals surface area contributed by atoms with E-state index in [9.17, 15) is 14.0 Å². The molecule has 2 heterocycles. The highest BCUT2D eigenvalue weighted by atomic mass is 19.1. The standard InChI is InChI=1S/C22H22FN3O2/c23-19-6-3-4-16(12-19)14-26-11-10-25(9-8-21(26)27)15-18-13-17-5-1-2-7-20(17)24-22(18)28/h1-7,12-13H,8-11,14-15H2,(H,24,28). The van der Waals surface area contributed by atoms with Crippen molar-refractivity contribution in [3.05, 3.63) is 81.9 Å². The highest BCUT2D eigenvalue weighted by Gasteiger charge is 2.21. The second-order valence-corrected chi connectivity index (χ2v) is 7.18. The molecule has 0 aliphatic carbocycles. The van der Waals surface area contributed by atoms with E-state index in [4.69, 9.17) is 0 Å². The summed E-state index contributed by atoms with van der Waals surface area (Å²) in [6, 6.07) is 16.0. The lowest BCUT2D eigenvalue weighted by Crippen LogP contribution is -2.33. The lowest BCUT2D eigenvalue weighted by Gasteiger charge is -2.22. The molecule has 5 nitrogen and oxygen atoms in total. The third-order valence-electron chi connectivity index (χ3n) is 5.17. The first-order chi connectivity index (χ1) is 13.6. The van der Waals surface area contributed by atoms with E-state index in [1.807, 2.05) is 36.4 Å². The van der Waals surface area contributed by atoms with Crippen molar-refractivity contribution in [1.29, 1.82) is 0 Å². The number of H-pyrrole nitrogens is 1. The molecule has 28 heavy (non-hydrogen) atoms. The number of para-hydroxylation sites is 1. The van der Waals surface area contributed by atoms with Crippen LogP contribution in [-0.2, 0) is 17.9 Å². The zero-order chi connectivity index (χ0) is 19.5. The molecule has 1 N–H and O–H groups in total. The van der Waals surface area contributed by atoms with E-state index in [0.29, 0.717) is 44.7 Å². The molecule has 2 aromatic carbocycles. The molecular formula is C22H22FN3O2. The van der Waals surface area contributed by atoms with Crippen LogP contribution in [0.5, 0.6) is 0 Å². The molecule has 1 aliphatic heterocycles. The summed E-state index contributed by atoms with van der Waals surface area (Å²) < 4.78 is 13.4. The monoisotopic (exact) mass is 379 g/mol. The van der Waals surface area contributed by atoms with Crippen molar-refractivity contribution in [3.8, 4) is 0 Å². The van der Waals surface area contributed by atoms with Gasteiger partial charge in [-0.3, -0.25) is 14.5 Å². The Morgan fingerprint density at radius 2 is 1.79 bits per heavy atom. The Balaban J connectivity index is 1.46. The molecule has 3 aromatic rings. The van der Waals surface area contributed by atoms with Crippen LogP contribution in [0.4, 0.5) is 4.39 Å². The van der Waals surface area contributed by atoms with Crippen LogP contribution in [-0.4, -0.2) is 40.3 Å². The van der Waals surface area contributed by atoms with Gasteiger partial charge in [-0.15, -0.1) is 0 Å². The number of hydrogen-bond donors (Lipinski definition) is 1. The van der Waals surface area contributed by atoms with E-state index < -0.39 is 0 Å². The quantitative estimate of drug-likeness (QED) is 0.758. The molecule has 1 aromatic heterocycles. The number of aromatic nitrogens is 1. The molecule has 144 valence electrons. The van der Waals surface area contributed by atoms with Crippen LogP contribution in [0.2, 0.25) is 0 Å². The number of fused-ring (bicyclic) bond motifs is 1. The molecule has 1 amide bonds. The molecule has 0 atom stereocenters. The predicted octanol–water partition coefficient (Wildman–Crippen LogP) is 2.90. The highest BCUT2D eigenvalue weighted by Crippen LogP contribution is 2.15. The summed E-state index contributed by atoms with van der Waals surface area (Å²) in [4.78, 5) is 31.7. The molecular weight excluding hydrogens is 357 g/mol. The Labute approximate surface area is 162 Å². The van der Waals surface area contributed by atoms with Crippen LogP contribution in [0.3, 0.4) is 0 Å². The average Bonchev–Trinajstić information content (AvgIpc) is 2.85. The van der Waals surface area contributed by atoms with Crippen molar-refractivity contribution in [2.45, 2.75) is 19.5 Å². The Kier molecular flexibility index (Phi) is 5.21. The van der Waals surface area contributed by atoms with Crippen LogP contribution < -0.4 is 5.56 Å². The fraction of sp³-hybridized carbons (Fsp3) is 0.273. The van der Waals surface area contributed by atoms with Gasteiger partial charge in [0.2, 0.25) is 5.91 Å². The lowest BCUT2D eigenvalue weighted by molar-refractivity contribution is -0.130. The molecule has 6 heteroatoms. The number of halogens is 1. The van der Waals surface area contributed by atoms with Gasteiger partial charge in [0.25, 0.3) is 5.56 Å². The summed E-state index contributed by atoms with van der Waals surface area (Å²) in [7, 11) is 0. The Bertz CT molecular complexity index is 1060. The highest BCUT2D eigenvalue weighted by molar-refractivity contribution is 5.78. The van der Waals surface area contributed by atoms with Gasteiger partial charge in [0.05, 0.1) is 0 Å². The normalized spacial score (nSPS) is 15.8. The van der Waals surface area contributed by atoms with E-state index in [-0.39, 0.29) is 17.3 Å². The van der Waals surface area contributed by atoms with Gasteiger partial charge in [-0.2, -0.15) is 0 Å². The van der Waals surface area contributed by atoms with E-state index in [2.05, 4.69) is 9.88 Å². The number of aromatic amines is 1. The van der Waals surface area contributed by atoms with Crippen molar-refractivity contribution in [2.75, 3.05) is 19.6 Å². The summed E-state index contributed by atoms with van der Waals surface area (Å²) >= 11 is 0. The number of hydrogen-bond acceptors (Lipinski definition) is 3. The van der Waals surface area contributed by atoms with Crippen molar-refractivity contribution in [1.82, 2.24) is 14.8 Å². The maximum Gasteiger partial charge on any atom is 0.252 e. The number of carbonyl (C=O) groups excluding carboxylic acids is 1. The zero-order valence-electron chi connectivity index (χ0n) is 15.5. The second kappa shape index (κ2) is 7.94. The summed E-state index contributed by atoms with van der Waals surface area (Å²) in [5.41, 5.74) is 2.21. The van der Waals surface area contributed by atoms with Crippen LogP contribution in [0.1, 0.15) is 17.5 Å². The van der Waals surface area contributed by atoms with Gasteiger partial charge in [0.15, 0.2) is 0 Å². The van der Waals surface area contributed by atoms with Gasteiger partial charge < -0.3 is 9.88 Å². The number of rotatable bonds is 4. The van der Waals surface area contributed by atoms with Crippen molar-refractivity contribution in [3.63, 3.8) is 0 Å². The third-order valence-corrected chi connectivity index (χ3v) is 5.17. The van der Waals surface area contributed by atoms with Crippen molar-refractivity contribution < 1.29 is 9.18 Å². The SMILES string of the molecule is O=C1CCN(Cc2cc3ccccc3[nH]c2=O)CCN1Cc1cccc(F)c1. The molecule has 4 rings (SSSR count). The number of benzene rings is 2. The minimum Gasteiger partial charge on any atom is -0.337 e. The average molecular weight is 379 g/mol. The molecule has 1 saturated heterocycles. The topological polar surface area (TPSA) is 56.4 Å². The maximum absolute atomic E-state index is 13.4. The third kappa shape index (κ3) is 4.12. The minimum absolute atomic E-state index is 0.0548. The second-order valence-electron chi connectivity index (χ2n) is 7.18. The van der Waals surface area contributed by atoms with Crippen molar-refractivity contribution in [2.24, 2.45) is 0 Å². The molecule has 1 aliphatic rings. The number of carbonyl (C=O) groups is 1. The summed E-state index contributed by atoms with van der Waals surface area (Å²) in [6.45, 7) is 2.74. The van der Waals surface area contributed by atoms with Crippen LogP contribution in [0.25, 0.3) is 10.9 Å². The summed E-state index contributed by atoms with van der Waals surface area (Å²) in [6.07, 6.45) is 0.390. The number of pyridine rings is 1. The van der Waals surface area contributed by atoms with E-state index >= 15 is 0 Å². The maximum atomic E-state index is 13.4. The fourth-order valence-corrected chi connectivity index (χ4v) is 3.64. The van der Waals surface area contributed by atoms with E-state index in [1.165, 1.54) is 12.1 Å². The van der Waals surface area contributed by atoms with E-state index in [0.717, 1.165) is 16.5 Å². The molecule has 0 spiro atoms. The van der Waals surface area contributed by atoms with Gasteiger partial charge in [-0.05, 0) is 35.2 Å². The Morgan fingerprint density at radius 3 is 2.64 bits per heavy atom. The molecule has 0 bridgehead atoms. The number of nitrogens with zero attached hydrogens (tertiary/aromatic N) is 2. The first-order valence-corrected chi connectivity index (χ1v) is 9.44. The van der Waals surface area contributed by atoms with Crippen LogP contribution in [0.15, 0.2) is 59.4 Å². The fourth-order valence-electron chi connectivity index (χ4n) is 3.64. The Morgan fingerprint density at radius 1 is 0.929 bits per heavy atom. The van der Waals surface area contributed by atoms with Gasteiger partial charge in [0, 0.05) is 50.2 Å². The first kappa shape index (κ1) is 18.4.